The van der Waals surface area contributed by atoms with E-state index < -0.39 is 55.0 Å². The van der Waals surface area contributed by atoms with E-state index in [1.165, 1.54) is 152 Å². The summed E-state index contributed by atoms with van der Waals surface area (Å²) in [6.45, 7) is 8.29. The summed E-state index contributed by atoms with van der Waals surface area (Å²) in [7, 11) is -9.62. The zero-order valence-corrected chi connectivity index (χ0v) is 46.1. The molecule has 0 saturated carbocycles. The summed E-state index contributed by atoms with van der Waals surface area (Å²) >= 11 is 0. The van der Waals surface area contributed by atoms with Crippen LogP contribution in [0.5, 0.6) is 0 Å². The van der Waals surface area contributed by atoms with Crippen molar-refractivity contribution in [3.8, 4) is 0 Å². The second-order valence-electron chi connectivity index (χ2n) is 17.4. The van der Waals surface area contributed by atoms with Crippen LogP contribution >= 0.6 is 0 Å². The Balaban J connectivity index is 0.00000132. The maximum absolute atomic E-state index is 12.5. The third kappa shape index (κ3) is 31.5. The molecule has 0 aliphatic heterocycles. The van der Waals surface area contributed by atoms with E-state index in [1.54, 1.807) is 26.0 Å². The number of benzene rings is 2. The van der Waals surface area contributed by atoms with Crippen LogP contribution in [0, 0.1) is 0 Å². The van der Waals surface area contributed by atoms with E-state index in [-0.39, 0.29) is 86.0 Å². The minimum atomic E-state index is -4.81. The van der Waals surface area contributed by atoms with Crippen LogP contribution in [0.1, 0.15) is 249 Å². The number of ether oxygens (including phenoxy) is 4. The number of hydrogen-bond acceptors (Lipinski definition) is 14. The molecule has 0 saturated heterocycles. The number of carbonyl (C=O) groups excluding carboxylic acids is 4. The average Bonchev–Trinajstić information content (AvgIpc) is 3.31. The zero-order chi connectivity index (χ0) is 50.5. The third-order valence-electron chi connectivity index (χ3n) is 11.4. The summed E-state index contributed by atoms with van der Waals surface area (Å²) in [6, 6.07) is 11.7. The van der Waals surface area contributed by atoms with Crippen LogP contribution in [-0.4, -0.2) is 112 Å². The van der Waals surface area contributed by atoms with E-state index in [2.05, 4.69) is 13.8 Å². The fourth-order valence-electron chi connectivity index (χ4n) is 7.41. The molecular formula is C52H82CaO14S2. The molecule has 0 aromatic heterocycles. The number of unbranched alkanes of at least 4 members (excludes halogenated alkanes) is 22. The standard InChI is InChI=1S/2C26H42O7S.Ca/c2*1-3-5-6-7-8-9-10-11-12-13-14-17-21-32-25(27)22-19-15-16-20-23(22)26(28)33-24(18-4-2)34(29,30)31;/h2*15-16,19-20,24H,3-14,17-18,21H2,1-2H3,(H,29,30,31);/q;;+2/p-2. The van der Waals surface area contributed by atoms with Crippen molar-refractivity contribution in [2.45, 2.75) is 218 Å². The molecule has 2 aromatic carbocycles. The normalized spacial score (nSPS) is 12.1. The molecule has 2 aromatic rings. The molecule has 69 heavy (non-hydrogen) atoms. The monoisotopic (exact) mass is 1030 g/mol. The summed E-state index contributed by atoms with van der Waals surface area (Å²) in [5.74, 6) is -3.41. The van der Waals surface area contributed by atoms with Gasteiger partial charge in [-0.25, -0.2) is 36.0 Å². The van der Waals surface area contributed by atoms with Crippen molar-refractivity contribution in [1.29, 1.82) is 0 Å². The van der Waals surface area contributed by atoms with Crippen LogP contribution in [-0.2, 0) is 39.2 Å². The summed E-state index contributed by atoms with van der Waals surface area (Å²) in [4.78, 5) is 49.9. The van der Waals surface area contributed by atoms with E-state index >= 15 is 0 Å². The fourth-order valence-corrected chi connectivity index (χ4v) is 8.87. The van der Waals surface area contributed by atoms with Crippen molar-refractivity contribution >= 4 is 81.9 Å². The molecule has 0 radical (unpaired) electrons. The van der Waals surface area contributed by atoms with Gasteiger partial charge in [-0.15, -0.1) is 0 Å². The molecule has 0 heterocycles. The molecule has 0 aliphatic carbocycles. The first-order chi connectivity index (χ1) is 32.6. The first-order valence-corrected chi connectivity index (χ1v) is 28.4. The SMILES string of the molecule is CCCCCCCCCCCCCCOC(=O)c1ccccc1C(=O)OC(CCC)S(=O)(=O)[O-].CCCCCCCCCCCCCCOC(=O)c1ccccc1C(=O)OC(CCC)S(=O)(=O)[O-].[Ca+2]. The van der Waals surface area contributed by atoms with Crippen LogP contribution in [0.4, 0.5) is 0 Å². The quantitative estimate of drug-likeness (QED) is 0.0201. The number of carbonyl (C=O) groups is 4. The molecule has 388 valence electrons. The summed E-state index contributed by atoms with van der Waals surface area (Å²) in [5.41, 5.74) is -3.82. The third-order valence-corrected chi connectivity index (χ3v) is 13.3. The van der Waals surface area contributed by atoms with E-state index in [1.807, 2.05) is 0 Å². The maximum atomic E-state index is 12.5. The van der Waals surface area contributed by atoms with Crippen molar-refractivity contribution in [2.24, 2.45) is 0 Å². The smallest absolute Gasteiger partial charge is 0.745 e. The van der Waals surface area contributed by atoms with Gasteiger partial charge in [-0.1, -0.05) is 206 Å². The predicted octanol–water partition coefficient (Wildman–Crippen LogP) is 12.4. The molecular weight excluding hydrogens is 953 g/mol. The van der Waals surface area contributed by atoms with Crippen molar-refractivity contribution < 1.29 is 64.1 Å². The molecule has 0 amide bonds. The Morgan fingerprint density at radius 2 is 0.623 bits per heavy atom. The summed E-state index contributed by atoms with van der Waals surface area (Å²) < 4.78 is 88.4. The number of hydrogen-bond donors (Lipinski definition) is 0. The molecule has 17 heteroatoms. The van der Waals surface area contributed by atoms with Crippen LogP contribution in [0.2, 0.25) is 0 Å². The van der Waals surface area contributed by atoms with Gasteiger partial charge in [-0.2, -0.15) is 0 Å². The van der Waals surface area contributed by atoms with Gasteiger partial charge in [0.1, 0.15) is 20.2 Å². The van der Waals surface area contributed by atoms with E-state index in [9.17, 15) is 45.1 Å². The summed E-state index contributed by atoms with van der Waals surface area (Å²) in [5, 5.41) is 0. The van der Waals surface area contributed by atoms with Crippen LogP contribution in [0.15, 0.2) is 48.5 Å². The average molecular weight is 1040 g/mol. The molecule has 2 unspecified atom stereocenters. The molecule has 14 nitrogen and oxygen atoms in total. The minimum absolute atomic E-state index is 0. The van der Waals surface area contributed by atoms with Gasteiger partial charge in [0.05, 0.1) is 35.5 Å². The van der Waals surface area contributed by atoms with Crippen LogP contribution < -0.4 is 0 Å². The van der Waals surface area contributed by atoms with E-state index in [4.69, 9.17) is 18.9 Å². The Kier molecular flexibility index (Phi) is 39.4. The minimum Gasteiger partial charge on any atom is -0.745 e. The fraction of sp³-hybridized carbons (Fsp3) is 0.692. The largest absolute Gasteiger partial charge is 2.00 e. The second-order valence-corrected chi connectivity index (χ2v) is 20.4. The number of rotatable bonds is 38. The van der Waals surface area contributed by atoms with Crippen molar-refractivity contribution in [2.75, 3.05) is 13.2 Å². The topological polar surface area (TPSA) is 220 Å². The van der Waals surface area contributed by atoms with Crippen molar-refractivity contribution in [3.63, 3.8) is 0 Å². The Labute approximate surface area is 445 Å². The molecule has 2 rings (SSSR count). The van der Waals surface area contributed by atoms with Crippen LogP contribution in [0.3, 0.4) is 0 Å². The number of esters is 4. The van der Waals surface area contributed by atoms with E-state index in [0.717, 1.165) is 38.5 Å². The van der Waals surface area contributed by atoms with Gasteiger partial charge in [0.15, 0.2) is 10.9 Å². The zero-order valence-electron chi connectivity index (χ0n) is 42.2. The van der Waals surface area contributed by atoms with Gasteiger partial charge in [0, 0.05) is 0 Å². The molecule has 0 fully saturated rings. The first-order valence-electron chi connectivity index (χ1n) is 25.5. The van der Waals surface area contributed by atoms with Gasteiger partial charge in [-0.3, -0.25) is 0 Å². The predicted molar refractivity (Wildman–Crippen MR) is 269 cm³/mol. The van der Waals surface area contributed by atoms with Crippen molar-refractivity contribution in [3.05, 3.63) is 70.8 Å². The van der Waals surface area contributed by atoms with E-state index in [0.29, 0.717) is 12.8 Å². The Bertz CT molecular complexity index is 1790. The van der Waals surface area contributed by atoms with Crippen molar-refractivity contribution in [1.82, 2.24) is 0 Å². The molecule has 0 N–H and O–H groups in total. The Morgan fingerprint density at radius 3 is 0.855 bits per heavy atom. The first kappa shape index (κ1) is 66.4. The molecule has 0 aliphatic rings. The summed E-state index contributed by atoms with van der Waals surface area (Å²) in [6.07, 6.45) is 29.4. The Hall–Kier alpha value is -2.60. The van der Waals surface area contributed by atoms with Gasteiger partial charge in [0.2, 0.25) is 0 Å². The van der Waals surface area contributed by atoms with Crippen LogP contribution in [0.25, 0.3) is 0 Å². The second kappa shape index (κ2) is 40.9. The van der Waals surface area contributed by atoms with Gasteiger partial charge in [0.25, 0.3) is 0 Å². The maximum Gasteiger partial charge on any atom is 2.00 e. The Morgan fingerprint density at radius 1 is 0.391 bits per heavy atom. The molecule has 0 spiro atoms. The van der Waals surface area contributed by atoms with Gasteiger partial charge in [-0.05, 0) is 49.9 Å². The molecule has 2 atom stereocenters. The van der Waals surface area contributed by atoms with Gasteiger partial charge >= 0.3 is 61.6 Å². The molecule has 0 bridgehead atoms. The van der Waals surface area contributed by atoms with Gasteiger partial charge < -0.3 is 28.1 Å².